The average Bonchev–Trinajstić information content (AvgIpc) is 2.50. The van der Waals surface area contributed by atoms with Gasteiger partial charge in [-0.05, 0) is 11.8 Å². The highest BCUT2D eigenvalue weighted by Gasteiger charge is 2.24. The van der Waals surface area contributed by atoms with Crippen LogP contribution in [0.25, 0.3) is 0 Å². The van der Waals surface area contributed by atoms with Crippen molar-refractivity contribution in [1.29, 1.82) is 0 Å². The largest absolute Gasteiger partial charge is 0.478 e. The minimum Gasteiger partial charge on any atom is -0.478 e. The third-order valence-electron chi connectivity index (χ3n) is 1.61. The normalized spacial score (nSPS) is 12.4. The number of aliphatic carboxylic acids is 1. The van der Waals surface area contributed by atoms with Crippen molar-refractivity contribution in [1.82, 2.24) is 9.55 Å². The highest BCUT2D eigenvalue weighted by atomic mass is 16.6. The fourth-order valence-corrected chi connectivity index (χ4v) is 0.856. The number of nitro groups is 1. The van der Waals surface area contributed by atoms with Gasteiger partial charge in [0.15, 0.2) is 12.4 Å². The summed E-state index contributed by atoms with van der Waals surface area (Å²) in [4.78, 5) is 23.7. The van der Waals surface area contributed by atoms with Gasteiger partial charge >= 0.3 is 11.8 Å². The van der Waals surface area contributed by atoms with Gasteiger partial charge in [-0.3, -0.25) is 0 Å². The summed E-state index contributed by atoms with van der Waals surface area (Å²) in [6, 6.07) is -0.983. The quantitative estimate of drug-likeness (QED) is 0.544. The predicted molar refractivity (Wildman–Crippen MR) is 41.2 cm³/mol. The Bertz CT molecular complexity index is 345. The molecule has 0 bridgehead atoms. The molecule has 0 radical (unpaired) electrons. The van der Waals surface area contributed by atoms with Crippen LogP contribution in [0.4, 0.5) is 5.82 Å². The number of carboxylic acids is 1. The summed E-state index contributed by atoms with van der Waals surface area (Å²) in [5.74, 6) is -1.46. The third-order valence-corrected chi connectivity index (χ3v) is 1.61. The van der Waals surface area contributed by atoms with Crippen molar-refractivity contribution in [2.75, 3.05) is 0 Å². The van der Waals surface area contributed by atoms with Crippen molar-refractivity contribution < 1.29 is 14.8 Å². The van der Waals surface area contributed by atoms with Crippen molar-refractivity contribution in [2.45, 2.75) is 13.0 Å². The van der Waals surface area contributed by atoms with Crippen molar-refractivity contribution in [3.63, 3.8) is 0 Å². The molecule has 0 saturated heterocycles. The van der Waals surface area contributed by atoms with Gasteiger partial charge in [0.25, 0.3) is 0 Å². The summed E-state index contributed by atoms with van der Waals surface area (Å²) in [5.41, 5.74) is 0. The molecule has 0 amide bonds. The number of hydrogen-bond donors (Lipinski definition) is 1. The van der Waals surface area contributed by atoms with E-state index in [0.717, 1.165) is 17.1 Å². The van der Waals surface area contributed by atoms with Gasteiger partial charge in [0.1, 0.15) is 6.20 Å². The number of nitrogens with zero attached hydrogens (tertiary/aromatic N) is 3. The summed E-state index contributed by atoms with van der Waals surface area (Å²) < 4.78 is 0.988. The van der Waals surface area contributed by atoms with E-state index in [-0.39, 0.29) is 5.82 Å². The van der Waals surface area contributed by atoms with E-state index < -0.39 is 16.9 Å². The zero-order valence-corrected chi connectivity index (χ0v) is 6.75. The van der Waals surface area contributed by atoms with Gasteiger partial charge in [0.2, 0.25) is 0 Å². The Hall–Kier alpha value is -1.92. The minimum atomic E-state index is -1.14. The van der Waals surface area contributed by atoms with Crippen molar-refractivity contribution in [3.05, 3.63) is 22.6 Å². The lowest BCUT2D eigenvalue weighted by molar-refractivity contribution is -0.392. The number of aromatic nitrogens is 2. The summed E-state index contributed by atoms with van der Waals surface area (Å²) in [7, 11) is 0. The molecule has 1 N–H and O–H groups in total. The summed E-state index contributed by atoms with van der Waals surface area (Å²) >= 11 is 0. The van der Waals surface area contributed by atoms with Crippen LogP contribution in [0.5, 0.6) is 0 Å². The first kappa shape index (κ1) is 9.17. The van der Waals surface area contributed by atoms with E-state index in [1.54, 1.807) is 0 Å². The molecule has 1 atom stereocenters. The van der Waals surface area contributed by atoms with Crippen LogP contribution < -0.4 is 0 Å². The summed E-state index contributed by atoms with van der Waals surface area (Å²) in [6.45, 7) is 1.34. The smallest absolute Gasteiger partial charge is 0.349 e. The fraction of sp³-hybridized carbons (Fsp3) is 0.333. The first-order chi connectivity index (χ1) is 6.04. The first-order valence-electron chi connectivity index (χ1n) is 3.43. The first-order valence-corrected chi connectivity index (χ1v) is 3.43. The molecule has 13 heavy (non-hydrogen) atoms. The Labute approximate surface area is 72.8 Å². The molecule has 0 spiro atoms. The van der Waals surface area contributed by atoms with Crippen molar-refractivity contribution in [2.24, 2.45) is 0 Å². The Balaban J connectivity index is 3.07. The van der Waals surface area contributed by atoms with Crippen molar-refractivity contribution in [3.8, 4) is 0 Å². The predicted octanol–water partition coefficient (Wildman–Crippen LogP) is 0.437. The van der Waals surface area contributed by atoms with Gasteiger partial charge in [-0.15, -0.1) is 0 Å². The van der Waals surface area contributed by atoms with Crippen LogP contribution in [0.15, 0.2) is 12.5 Å². The number of carbonyl (C=O) groups is 1. The van der Waals surface area contributed by atoms with Gasteiger partial charge in [0.05, 0.1) is 0 Å². The molecule has 7 heteroatoms. The summed E-state index contributed by atoms with van der Waals surface area (Å²) in [6.07, 6.45) is 2.14. The zero-order chi connectivity index (χ0) is 10.0. The van der Waals surface area contributed by atoms with E-state index in [2.05, 4.69) is 4.98 Å². The molecule has 0 saturated carbocycles. The Morgan fingerprint density at radius 2 is 2.46 bits per heavy atom. The molecule has 1 heterocycles. The SMILES string of the molecule is CC(C(=O)O)n1cncc1[N+](=O)[O-]. The van der Waals surface area contributed by atoms with Crippen LogP contribution in [-0.4, -0.2) is 25.6 Å². The molecule has 1 aromatic heterocycles. The van der Waals surface area contributed by atoms with Crippen LogP contribution in [0.2, 0.25) is 0 Å². The molecule has 0 aliphatic carbocycles. The van der Waals surface area contributed by atoms with E-state index in [1.165, 1.54) is 6.92 Å². The average molecular weight is 185 g/mol. The van der Waals surface area contributed by atoms with Gasteiger partial charge in [-0.25, -0.2) is 9.78 Å². The van der Waals surface area contributed by atoms with E-state index in [0.29, 0.717) is 0 Å². The number of hydrogen-bond acceptors (Lipinski definition) is 4. The van der Waals surface area contributed by atoms with Crippen LogP contribution in [0, 0.1) is 10.1 Å². The Morgan fingerprint density at radius 1 is 1.85 bits per heavy atom. The van der Waals surface area contributed by atoms with Crippen LogP contribution >= 0.6 is 0 Å². The van der Waals surface area contributed by atoms with Crippen molar-refractivity contribution >= 4 is 11.8 Å². The fourth-order valence-electron chi connectivity index (χ4n) is 0.856. The van der Waals surface area contributed by atoms with E-state index >= 15 is 0 Å². The van der Waals surface area contributed by atoms with E-state index in [1.807, 2.05) is 0 Å². The van der Waals surface area contributed by atoms with Crippen LogP contribution in [-0.2, 0) is 4.79 Å². The maximum absolute atomic E-state index is 10.5. The lowest BCUT2D eigenvalue weighted by Crippen LogP contribution is -2.16. The summed E-state index contributed by atoms with van der Waals surface area (Å²) in [5, 5.41) is 19.0. The third kappa shape index (κ3) is 1.63. The minimum absolute atomic E-state index is 0.324. The lowest BCUT2D eigenvalue weighted by Gasteiger charge is -2.03. The second kappa shape index (κ2) is 3.21. The standard InChI is InChI=1S/C6H7N3O4/c1-4(6(10)11)8-3-7-2-5(8)9(12)13/h2-4H,1H3,(H,10,11). The molecular weight excluding hydrogens is 178 g/mol. The molecule has 70 valence electrons. The molecule has 1 aromatic rings. The number of carboxylic acid groups (broad SMARTS) is 1. The van der Waals surface area contributed by atoms with Gasteiger partial charge in [0, 0.05) is 0 Å². The van der Waals surface area contributed by atoms with Gasteiger partial charge in [-0.2, -0.15) is 4.57 Å². The molecule has 7 nitrogen and oxygen atoms in total. The molecule has 0 aliphatic rings. The molecule has 0 fully saturated rings. The maximum Gasteiger partial charge on any atom is 0.349 e. The highest BCUT2D eigenvalue weighted by Crippen LogP contribution is 2.16. The zero-order valence-electron chi connectivity index (χ0n) is 6.75. The second-order valence-electron chi connectivity index (χ2n) is 2.43. The molecule has 0 aromatic carbocycles. The Morgan fingerprint density at radius 3 is 2.92 bits per heavy atom. The monoisotopic (exact) mass is 185 g/mol. The van der Waals surface area contributed by atoms with E-state index in [9.17, 15) is 14.9 Å². The van der Waals surface area contributed by atoms with E-state index in [4.69, 9.17) is 5.11 Å². The maximum atomic E-state index is 10.5. The number of rotatable bonds is 3. The molecule has 1 unspecified atom stereocenters. The topological polar surface area (TPSA) is 98.3 Å². The van der Waals surface area contributed by atoms with Crippen LogP contribution in [0.3, 0.4) is 0 Å². The second-order valence-corrected chi connectivity index (χ2v) is 2.43. The molecule has 1 rings (SSSR count). The lowest BCUT2D eigenvalue weighted by atomic mass is 10.3. The van der Waals surface area contributed by atoms with Gasteiger partial charge in [-0.1, -0.05) is 0 Å². The Kier molecular flexibility index (Phi) is 2.27. The van der Waals surface area contributed by atoms with Gasteiger partial charge < -0.3 is 15.2 Å². The molecule has 0 aliphatic heterocycles. The number of imidazole rings is 1. The molecular formula is C6H7N3O4. The van der Waals surface area contributed by atoms with Crippen LogP contribution in [0.1, 0.15) is 13.0 Å². The highest BCUT2D eigenvalue weighted by molar-refractivity contribution is 5.71.